The summed E-state index contributed by atoms with van der Waals surface area (Å²) in [5.41, 5.74) is 1.19. The van der Waals surface area contributed by atoms with Crippen LogP contribution in [0.25, 0.3) is 10.9 Å². The van der Waals surface area contributed by atoms with Gasteiger partial charge in [0.1, 0.15) is 0 Å². The fourth-order valence-corrected chi connectivity index (χ4v) is 2.25. The van der Waals surface area contributed by atoms with Crippen LogP contribution in [0.15, 0.2) is 35.1 Å². The normalized spacial score (nSPS) is 12.6. The quantitative estimate of drug-likeness (QED) is 0.901. The average Bonchev–Trinajstić information content (AvgIpc) is 2.36. The number of para-hydroxylation sites is 1. The second-order valence-corrected chi connectivity index (χ2v) is 4.31. The van der Waals surface area contributed by atoms with Crippen molar-refractivity contribution < 1.29 is 9.90 Å². The van der Waals surface area contributed by atoms with E-state index in [1.165, 1.54) is 10.6 Å². The molecule has 0 saturated carbocycles. The van der Waals surface area contributed by atoms with Crippen molar-refractivity contribution >= 4 is 16.9 Å². The van der Waals surface area contributed by atoms with Crippen molar-refractivity contribution in [3.05, 3.63) is 46.2 Å². The largest absolute Gasteiger partial charge is 0.481 e. The molecule has 94 valence electrons. The first kappa shape index (κ1) is 12.4. The number of pyridine rings is 1. The summed E-state index contributed by atoms with van der Waals surface area (Å²) in [6.07, 6.45) is 0.465. The molecule has 4 heteroatoms. The molecule has 0 radical (unpaired) electrons. The van der Waals surface area contributed by atoms with Crippen LogP contribution >= 0.6 is 0 Å². The van der Waals surface area contributed by atoms with Crippen molar-refractivity contribution in [3.8, 4) is 0 Å². The Morgan fingerprint density at radius 1 is 1.39 bits per heavy atom. The molecule has 0 bridgehead atoms. The molecule has 1 heterocycles. The third-order valence-corrected chi connectivity index (χ3v) is 3.27. The Hall–Kier alpha value is -2.10. The van der Waals surface area contributed by atoms with E-state index in [1.54, 1.807) is 7.05 Å². The summed E-state index contributed by atoms with van der Waals surface area (Å²) in [5.74, 6) is -1.53. The molecule has 1 atom stereocenters. The number of aromatic nitrogens is 1. The van der Waals surface area contributed by atoms with Gasteiger partial charge in [-0.1, -0.05) is 25.1 Å². The summed E-state index contributed by atoms with van der Waals surface area (Å²) < 4.78 is 1.54. The first-order valence-corrected chi connectivity index (χ1v) is 5.87. The van der Waals surface area contributed by atoms with Crippen molar-refractivity contribution in [2.45, 2.75) is 19.3 Å². The molecule has 0 aliphatic heterocycles. The van der Waals surface area contributed by atoms with Crippen LogP contribution in [0.5, 0.6) is 0 Å². The molecule has 0 amide bonds. The molecule has 1 aromatic carbocycles. The molecule has 2 aromatic rings. The fraction of sp³-hybridized carbons (Fsp3) is 0.286. The maximum atomic E-state index is 11.9. The van der Waals surface area contributed by atoms with Crippen molar-refractivity contribution in [1.82, 2.24) is 4.57 Å². The highest BCUT2D eigenvalue weighted by Gasteiger charge is 2.21. The van der Waals surface area contributed by atoms with Gasteiger partial charge >= 0.3 is 5.97 Å². The van der Waals surface area contributed by atoms with Gasteiger partial charge in [-0.25, -0.2) is 0 Å². The highest BCUT2D eigenvalue weighted by molar-refractivity contribution is 5.88. The molecule has 18 heavy (non-hydrogen) atoms. The number of hydrogen-bond donors (Lipinski definition) is 1. The molecule has 0 fully saturated rings. The number of carbonyl (C=O) groups is 1. The molecule has 4 nitrogen and oxygen atoms in total. The minimum Gasteiger partial charge on any atom is -0.481 e. The van der Waals surface area contributed by atoms with E-state index in [1.807, 2.05) is 31.2 Å². The van der Waals surface area contributed by atoms with Crippen LogP contribution < -0.4 is 5.56 Å². The lowest BCUT2D eigenvalue weighted by Crippen LogP contribution is -2.20. The van der Waals surface area contributed by atoms with Gasteiger partial charge < -0.3 is 9.67 Å². The molecule has 0 spiro atoms. The van der Waals surface area contributed by atoms with Gasteiger partial charge in [-0.15, -0.1) is 0 Å². The molecule has 0 aliphatic carbocycles. The predicted octanol–water partition coefficient (Wildman–Crippen LogP) is 2.12. The predicted molar refractivity (Wildman–Crippen MR) is 69.9 cm³/mol. The number of aryl methyl sites for hydroxylation is 1. The number of benzene rings is 1. The maximum Gasteiger partial charge on any atom is 0.310 e. The molecular formula is C14H15NO3. The summed E-state index contributed by atoms with van der Waals surface area (Å²) in [6, 6.07) is 8.81. The number of rotatable bonds is 3. The van der Waals surface area contributed by atoms with Gasteiger partial charge in [0.25, 0.3) is 5.56 Å². The molecule has 0 aliphatic rings. The minimum atomic E-state index is -0.893. The van der Waals surface area contributed by atoms with Gasteiger partial charge in [0.05, 0.1) is 11.4 Å². The van der Waals surface area contributed by atoms with E-state index >= 15 is 0 Å². The van der Waals surface area contributed by atoms with Crippen LogP contribution in [0.3, 0.4) is 0 Å². The first-order chi connectivity index (χ1) is 8.56. The SMILES string of the molecule is CCC(C(=O)O)c1cc(=O)n(C)c2ccccc12. The van der Waals surface area contributed by atoms with E-state index in [4.69, 9.17) is 0 Å². The zero-order valence-electron chi connectivity index (χ0n) is 10.4. The summed E-state index contributed by atoms with van der Waals surface area (Å²) >= 11 is 0. The zero-order valence-corrected chi connectivity index (χ0v) is 10.4. The molecule has 1 N–H and O–H groups in total. The van der Waals surface area contributed by atoms with Crippen LogP contribution in [-0.2, 0) is 11.8 Å². The summed E-state index contributed by atoms with van der Waals surface area (Å²) in [6.45, 7) is 1.81. The Morgan fingerprint density at radius 2 is 2.06 bits per heavy atom. The van der Waals surface area contributed by atoms with E-state index in [0.717, 1.165) is 10.9 Å². The molecule has 0 saturated heterocycles. The van der Waals surface area contributed by atoms with Crippen LogP contribution in [0.1, 0.15) is 24.8 Å². The van der Waals surface area contributed by atoms with E-state index < -0.39 is 11.9 Å². The van der Waals surface area contributed by atoms with Crippen LogP contribution in [0.2, 0.25) is 0 Å². The van der Waals surface area contributed by atoms with E-state index in [-0.39, 0.29) is 5.56 Å². The molecule has 2 rings (SSSR count). The number of carboxylic acid groups (broad SMARTS) is 1. The van der Waals surface area contributed by atoms with Gasteiger partial charge in [-0.2, -0.15) is 0 Å². The monoisotopic (exact) mass is 245 g/mol. The zero-order chi connectivity index (χ0) is 13.3. The average molecular weight is 245 g/mol. The van der Waals surface area contributed by atoms with Gasteiger partial charge in [0, 0.05) is 18.5 Å². The van der Waals surface area contributed by atoms with Gasteiger partial charge in [0.15, 0.2) is 0 Å². The molecular weight excluding hydrogens is 230 g/mol. The lowest BCUT2D eigenvalue weighted by Gasteiger charge is -2.14. The Kier molecular flexibility index (Phi) is 3.19. The Labute approximate surface area is 104 Å². The van der Waals surface area contributed by atoms with Crippen LogP contribution in [-0.4, -0.2) is 15.6 Å². The van der Waals surface area contributed by atoms with E-state index in [2.05, 4.69) is 0 Å². The minimum absolute atomic E-state index is 0.177. The Morgan fingerprint density at radius 3 is 2.67 bits per heavy atom. The lowest BCUT2D eigenvalue weighted by molar-refractivity contribution is -0.138. The topological polar surface area (TPSA) is 59.3 Å². The van der Waals surface area contributed by atoms with Gasteiger partial charge in [-0.05, 0) is 18.1 Å². The number of nitrogens with zero attached hydrogens (tertiary/aromatic N) is 1. The van der Waals surface area contributed by atoms with Crippen molar-refractivity contribution in [2.75, 3.05) is 0 Å². The van der Waals surface area contributed by atoms with Crippen LogP contribution in [0, 0.1) is 0 Å². The maximum absolute atomic E-state index is 11.9. The van der Waals surface area contributed by atoms with Gasteiger partial charge in [0.2, 0.25) is 0 Å². The third kappa shape index (κ3) is 1.90. The smallest absolute Gasteiger partial charge is 0.310 e. The Balaban J connectivity index is 2.83. The standard InChI is InChI=1S/C14H15NO3/c1-3-9(14(17)18)11-8-13(16)15(2)12-7-5-4-6-10(11)12/h4-9H,3H2,1-2H3,(H,17,18). The third-order valence-electron chi connectivity index (χ3n) is 3.27. The second kappa shape index (κ2) is 4.64. The van der Waals surface area contributed by atoms with Crippen molar-refractivity contribution in [2.24, 2.45) is 7.05 Å². The van der Waals surface area contributed by atoms with E-state index in [0.29, 0.717) is 12.0 Å². The molecule has 1 unspecified atom stereocenters. The van der Waals surface area contributed by atoms with Crippen molar-refractivity contribution in [3.63, 3.8) is 0 Å². The summed E-state index contributed by atoms with van der Waals surface area (Å²) in [4.78, 5) is 23.1. The number of fused-ring (bicyclic) bond motifs is 1. The first-order valence-electron chi connectivity index (χ1n) is 5.87. The number of aliphatic carboxylic acids is 1. The van der Waals surface area contributed by atoms with Gasteiger partial charge in [-0.3, -0.25) is 9.59 Å². The van der Waals surface area contributed by atoms with E-state index in [9.17, 15) is 14.7 Å². The highest BCUT2D eigenvalue weighted by Crippen LogP contribution is 2.26. The van der Waals surface area contributed by atoms with Crippen molar-refractivity contribution in [1.29, 1.82) is 0 Å². The Bertz CT molecular complexity index is 658. The second-order valence-electron chi connectivity index (χ2n) is 4.31. The summed E-state index contributed by atoms with van der Waals surface area (Å²) in [7, 11) is 1.69. The molecule has 1 aromatic heterocycles. The number of hydrogen-bond acceptors (Lipinski definition) is 2. The highest BCUT2D eigenvalue weighted by atomic mass is 16.4. The summed E-state index contributed by atoms with van der Waals surface area (Å²) in [5, 5.41) is 10.1. The number of carboxylic acids is 1. The lowest BCUT2D eigenvalue weighted by atomic mass is 9.93. The fourth-order valence-electron chi connectivity index (χ4n) is 2.25. The van der Waals surface area contributed by atoms with Crippen LogP contribution in [0.4, 0.5) is 0 Å².